The van der Waals surface area contributed by atoms with Crippen molar-refractivity contribution in [3.05, 3.63) is 0 Å². The maximum absolute atomic E-state index is 12.3. The first-order valence-corrected chi connectivity index (χ1v) is 33.8. The molecule has 0 aliphatic rings. The van der Waals surface area contributed by atoms with Crippen molar-refractivity contribution in [2.75, 3.05) is 0 Å². The van der Waals surface area contributed by atoms with E-state index in [4.69, 9.17) is 0 Å². The molecule has 0 nitrogen and oxygen atoms in total. The zero-order valence-electron chi connectivity index (χ0n) is 67.6. The summed E-state index contributed by atoms with van der Waals surface area (Å²) in [7, 11) is 0. The second kappa shape index (κ2) is 41.6. The van der Waals surface area contributed by atoms with Crippen molar-refractivity contribution in [1.29, 1.82) is 0 Å². The van der Waals surface area contributed by atoms with Gasteiger partial charge in [-0.2, -0.15) is 92.2 Å². The number of alkyl halides is 21. The van der Waals surface area contributed by atoms with Crippen molar-refractivity contribution in [2.45, 2.75) is 353 Å². The quantitative estimate of drug-likeness (QED) is 0.171. The topological polar surface area (TPSA) is 0 Å². The Hall–Kier alpha value is -1.47. The Morgan fingerprint density at radius 1 is 0.284 bits per heavy atom. The molecule has 8 atom stereocenters. The minimum Gasteiger partial charge on any atom is -0.171 e. The predicted molar refractivity (Wildman–Crippen MR) is 362 cm³/mol. The zero-order chi connectivity index (χ0) is 80.6. The SMILES string of the molecule is CC(C)(C)C(C)(C)C(F)(F)F.CC(C)(C)C(C)(C)C(F)(F)F.CC(C)C(C)(C)C(C)(C)C.CC(C)C(C)(C)C(C)C(F)(F)F.CC(C)[C@@H](C)C(C)(C)C.CC(C)[C@@H](C)C(C)C(F)(F)F.CC(C)[C@@H](C)C(C)C(F)(F)F.CCC(C)(C)CC(F)(F)F.CCC(C)[C@@H](C)C(F)(F)F. The zero-order valence-corrected chi connectivity index (χ0v) is 67.6. The average molecular weight is 1430 g/mol. The summed E-state index contributed by atoms with van der Waals surface area (Å²) >= 11 is 0. The molecule has 0 aromatic carbocycles. The summed E-state index contributed by atoms with van der Waals surface area (Å²) in [6.07, 6.45) is -28.0. The van der Waals surface area contributed by atoms with Crippen molar-refractivity contribution >= 4 is 0 Å². The fraction of sp³-hybridized carbons (Fsp3) is 1.00. The highest BCUT2D eigenvalue weighted by molar-refractivity contribution is 4.90. The summed E-state index contributed by atoms with van der Waals surface area (Å²) in [6.45, 7) is 75.4. The normalized spacial score (nSPS) is 16.4. The molecule has 0 radical (unpaired) electrons. The summed E-state index contributed by atoms with van der Waals surface area (Å²) in [4.78, 5) is 0. The van der Waals surface area contributed by atoms with Crippen molar-refractivity contribution in [3.63, 3.8) is 0 Å². The molecule has 0 aliphatic heterocycles. The molecule has 0 aromatic rings. The van der Waals surface area contributed by atoms with E-state index in [1.165, 1.54) is 55.4 Å². The van der Waals surface area contributed by atoms with Crippen LogP contribution in [0.25, 0.3) is 0 Å². The predicted octanol–water partition coefficient (Wildman–Crippen LogP) is 31.7. The van der Waals surface area contributed by atoms with Crippen LogP contribution >= 0.6 is 0 Å². The van der Waals surface area contributed by atoms with Crippen LogP contribution in [0, 0.1) is 126 Å². The standard InChI is InChI=1S/C10H22.C9H17F3.C9H20.4C8H15F3.2C7H13F3/c1-8(2)10(6,7)9(3,4)5;1-6(2)8(4,5)7(3)9(10,11)12;1-7(2)8(3)9(4,5)6;2*1-6(2,3)7(4,5)8(9,10)11;2*1-5(2)6(3)7(4)8(9,10)11;1-4-6(2,3)5-7(8,9)10;1-4-5(2)6(3)7(8,9)10/h8H,1-7H3;6-7H,1-5H3;7-8H,1-6H3;2*1-5H3;2*5-7H,1-4H3;4-5H2,1-3H3;5-6H,4H2,1-3H3/t;;8-;;;2*6-,7?;;5?,6-/m..1..11.1/s1. The van der Waals surface area contributed by atoms with E-state index in [-0.39, 0.29) is 35.5 Å². The Morgan fingerprint density at radius 3 is 0.579 bits per heavy atom. The fourth-order valence-corrected chi connectivity index (χ4v) is 6.73. The van der Waals surface area contributed by atoms with E-state index in [1.807, 2.05) is 41.5 Å². The Bertz CT molecular complexity index is 1800. The van der Waals surface area contributed by atoms with Crippen molar-refractivity contribution in [2.24, 2.45) is 126 Å². The monoisotopic (exact) mass is 1430 g/mol. The van der Waals surface area contributed by atoms with Gasteiger partial charge in [-0.25, -0.2) is 0 Å². The lowest BCUT2D eigenvalue weighted by molar-refractivity contribution is -0.244. The molecule has 0 saturated heterocycles. The molecule has 0 rings (SSSR count). The van der Waals surface area contributed by atoms with Gasteiger partial charge in [0.1, 0.15) is 0 Å². The number of rotatable bonds is 12. The largest absolute Gasteiger partial charge is 0.394 e. The third kappa shape index (κ3) is 47.4. The van der Waals surface area contributed by atoms with Crippen LogP contribution in [0.1, 0.15) is 310 Å². The highest BCUT2D eigenvalue weighted by atomic mass is 19.4. The molecule has 0 bridgehead atoms. The molecule has 0 aromatic heterocycles. The van der Waals surface area contributed by atoms with Crippen LogP contribution in [0.15, 0.2) is 0 Å². The molecule has 21 heteroatoms. The third-order valence-electron chi connectivity index (χ3n) is 22.4. The molecular formula is C74H145F21. The Labute approximate surface area is 569 Å². The van der Waals surface area contributed by atoms with E-state index < -0.39 is 106 Å². The second-order valence-corrected chi connectivity index (χ2v) is 35.4. The minimum atomic E-state index is -4.12. The van der Waals surface area contributed by atoms with Crippen molar-refractivity contribution < 1.29 is 92.2 Å². The number of halogens is 21. The van der Waals surface area contributed by atoms with Gasteiger partial charge in [0.25, 0.3) is 0 Å². The summed E-state index contributed by atoms with van der Waals surface area (Å²) in [6, 6.07) is 0. The fourth-order valence-electron chi connectivity index (χ4n) is 6.73. The van der Waals surface area contributed by atoms with Crippen LogP contribution in [0.3, 0.4) is 0 Å². The average Bonchev–Trinajstić information content (AvgIpc) is 0.802. The summed E-state index contributed by atoms with van der Waals surface area (Å²) in [5.74, 6) is -3.06. The van der Waals surface area contributed by atoms with Gasteiger partial charge >= 0.3 is 43.2 Å². The highest BCUT2D eigenvalue weighted by Gasteiger charge is 2.55. The lowest BCUT2D eigenvalue weighted by Gasteiger charge is -2.42. The molecule has 588 valence electrons. The van der Waals surface area contributed by atoms with Gasteiger partial charge in [-0.1, -0.05) is 304 Å². The van der Waals surface area contributed by atoms with E-state index in [0.29, 0.717) is 29.1 Å². The molecule has 0 N–H and O–H groups in total. The van der Waals surface area contributed by atoms with Gasteiger partial charge in [-0.3, -0.25) is 0 Å². The van der Waals surface area contributed by atoms with Crippen LogP contribution in [0.2, 0.25) is 0 Å². The summed E-state index contributed by atoms with van der Waals surface area (Å²) in [5.41, 5.74) is -4.69. The molecule has 0 fully saturated rings. The number of hydrogen-bond acceptors (Lipinski definition) is 0. The van der Waals surface area contributed by atoms with Crippen molar-refractivity contribution in [3.8, 4) is 0 Å². The number of hydrogen-bond donors (Lipinski definition) is 0. The Balaban J connectivity index is -0.000000125. The first-order chi connectivity index (χ1) is 40.3. The van der Waals surface area contributed by atoms with E-state index in [9.17, 15) is 92.2 Å². The van der Waals surface area contributed by atoms with Gasteiger partial charge in [0.15, 0.2) is 0 Å². The Kier molecular flexibility index (Phi) is 49.1. The van der Waals surface area contributed by atoms with Crippen molar-refractivity contribution in [1.82, 2.24) is 0 Å². The summed E-state index contributed by atoms with van der Waals surface area (Å²) < 4.78 is 254. The molecule has 0 heterocycles. The molecule has 0 aliphatic carbocycles. The molecule has 0 saturated carbocycles. The smallest absolute Gasteiger partial charge is 0.171 e. The van der Waals surface area contributed by atoms with Gasteiger partial charge in [-0.05, 0) is 91.2 Å². The van der Waals surface area contributed by atoms with Gasteiger partial charge in [0.05, 0.1) is 34.5 Å². The lowest BCUT2D eigenvalue weighted by Crippen LogP contribution is -2.43. The van der Waals surface area contributed by atoms with E-state index in [1.54, 1.807) is 104 Å². The highest BCUT2D eigenvalue weighted by Crippen LogP contribution is 2.52. The maximum Gasteiger partial charge on any atom is 0.394 e. The first kappa shape index (κ1) is 112. The van der Waals surface area contributed by atoms with Crippen LogP contribution in [0.5, 0.6) is 0 Å². The second-order valence-electron chi connectivity index (χ2n) is 35.4. The maximum atomic E-state index is 12.3. The summed E-state index contributed by atoms with van der Waals surface area (Å²) in [5, 5.41) is 0. The molecule has 0 amide bonds. The molecule has 95 heavy (non-hydrogen) atoms. The van der Waals surface area contributed by atoms with Crippen LogP contribution in [-0.2, 0) is 0 Å². The molecule has 4 unspecified atom stereocenters. The molecule has 0 spiro atoms. The van der Waals surface area contributed by atoms with E-state index >= 15 is 0 Å². The van der Waals surface area contributed by atoms with Gasteiger partial charge in [0.2, 0.25) is 0 Å². The lowest BCUT2D eigenvalue weighted by atomic mass is 9.63. The Morgan fingerprint density at radius 2 is 0.537 bits per heavy atom. The van der Waals surface area contributed by atoms with Crippen LogP contribution < -0.4 is 0 Å². The van der Waals surface area contributed by atoms with Gasteiger partial charge in [0, 0.05) is 6.42 Å². The van der Waals surface area contributed by atoms with E-state index in [0.717, 1.165) is 17.8 Å². The first-order valence-electron chi connectivity index (χ1n) is 33.8. The molecular weight excluding hydrogens is 1290 g/mol. The van der Waals surface area contributed by atoms with E-state index in [2.05, 4.69) is 90.0 Å². The van der Waals surface area contributed by atoms with Gasteiger partial charge in [-0.15, -0.1) is 0 Å². The van der Waals surface area contributed by atoms with Crippen LogP contribution in [0.4, 0.5) is 92.2 Å². The minimum absolute atomic E-state index is 0.0362. The van der Waals surface area contributed by atoms with Crippen LogP contribution in [-0.4, -0.2) is 43.2 Å². The third-order valence-corrected chi connectivity index (χ3v) is 22.4. The van der Waals surface area contributed by atoms with Gasteiger partial charge < -0.3 is 0 Å².